The van der Waals surface area contributed by atoms with Crippen LogP contribution in [0.2, 0.25) is 0 Å². The van der Waals surface area contributed by atoms with Crippen molar-refractivity contribution in [3.05, 3.63) is 34.7 Å². The fourth-order valence-corrected chi connectivity index (χ4v) is 3.93. The summed E-state index contributed by atoms with van der Waals surface area (Å²) in [6.07, 6.45) is 2.30. The Labute approximate surface area is 129 Å². The van der Waals surface area contributed by atoms with Crippen LogP contribution in [0.1, 0.15) is 58.1 Å². The monoisotopic (exact) mass is 285 g/mol. The highest BCUT2D eigenvalue weighted by molar-refractivity contribution is 5.62. The Morgan fingerprint density at radius 2 is 1.95 bits per heavy atom. The van der Waals surface area contributed by atoms with Crippen molar-refractivity contribution in [3.63, 3.8) is 0 Å². The maximum atomic E-state index is 7.33. The van der Waals surface area contributed by atoms with Gasteiger partial charge < -0.3 is 4.74 Å². The zero-order valence-electron chi connectivity index (χ0n) is 14.2. The van der Waals surface area contributed by atoms with Crippen LogP contribution in [0, 0.1) is 23.8 Å². The van der Waals surface area contributed by atoms with E-state index in [4.69, 9.17) is 11.3 Å². The molecule has 0 saturated carbocycles. The second-order valence-corrected chi connectivity index (χ2v) is 7.62. The van der Waals surface area contributed by atoms with Gasteiger partial charge in [-0.1, -0.05) is 40.2 Å². The Morgan fingerprint density at radius 3 is 2.43 bits per heavy atom. The fraction of sp³-hybridized carbons (Fsp3) is 0.632. The first-order chi connectivity index (χ1) is 9.79. The molecule has 0 bridgehead atoms. The lowest BCUT2D eigenvalue weighted by Gasteiger charge is -2.44. The average molecular weight is 285 g/mol. The van der Waals surface area contributed by atoms with Gasteiger partial charge in [-0.05, 0) is 53.7 Å². The van der Waals surface area contributed by atoms with Gasteiger partial charge in [0.05, 0.1) is 13.7 Å². The highest BCUT2D eigenvalue weighted by atomic mass is 16.5. The van der Waals surface area contributed by atoms with Crippen LogP contribution in [0.5, 0.6) is 5.75 Å². The van der Waals surface area contributed by atoms with E-state index < -0.39 is 0 Å². The molecule has 0 N–H and O–H groups in total. The minimum atomic E-state index is 0.217. The van der Waals surface area contributed by atoms with E-state index in [0.717, 1.165) is 12.2 Å². The summed E-state index contributed by atoms with van der Waals surface area (Å²) in [5.74, 6) is 2.62. The predicted octanol–water partition coefficient (Wildman–Crippen LogP) is 5.59. The molecule has 0 fully saturated rings. The summed E-state index contributed by atoms with van der Waals surface area (Å²) in [6.45, 7) is 19.0. The summed E-state index contributed by atoms with van der Waals surface area (Å²) in [6, 6.07) is 4.18. The maximum absolute atomic E-state index is 7.33. The molecule has 1 aliphatic carbocycles. The van der Waals surface area contributed by atoms with Crippen LogP contribution in [0.15, 0.2) is 12.1 Å². The molecule has 2 nitrogen and oxygen atoms in total. The second-order valence-electron chi connectivity index (χ2n) is 7.62. The Kier molecular flexibility index (Phi) is 4.33. The van der Waals surface area contributed by atoms with Crippen LogP contribution in [0.4, 0.5) is 5.69 Å². The van der Waals surface area contributed by atoms with Crippen molar-refractivity contribution in [3.8, 4) is 5.75 Å². The Balaban J connectivity index is 2.60. The highest BCUT2D eigenvalue weighted by Gasteiger charge is 2.39. The lowest BCUT2D eigenvalue weighted by Crippen LogP contribution is -2.33. The predicted molar refractivity (Wildman–Crippen MR) is 88.1 cm³/mol. The Hall–Kier alpha value is -1.49. The van der Waals surface area contributed by atoms with E-state index in [2.05, 4.69) is 51.6 Å². The molecule has 1 aromatic carbocycles. The van der Waals surface area contributed by atoms with Gasteiger partial charge in [-0.2, -0.15) is 0 Å². The minimum absolute atomic E-state index is 0.217. The first kappa shape index (κ1) is 15.9. The Bertz CT molecular complexity index is 560. The van der Waals surface area contributed by atoms with Crippen molar-refractivity contribution in [2.75, 3.05) is 7.11 Å². The summed E-state index contributed by atoms with van der Waals surface area (Å²) in [7, 11) is 1.66. The van der Waals surface area contributed by atoms with E-state index in [1.54, 1.807) is 7.11 Å². The van der Waals surface area contributed by atoms with Crippen molar-refractivity contribution in [2.45, 2.75) is 53.4 Å². The minimum Gasteiger partial charge on any atom is -0.508 e. The van der Waals surface area contributed by atoms with Crippen LogP contribution in [0.25, 0.3) is 4.85 Å². The molecule has 0 aromatic heterocycles. The molecule has 0 spiro atoms. The van der Waals surface area contributed by atoms with E-state index in [1.165, 1.54) is 17.5 Å². The molecule has 114 valence electrons. The molecule has 2 heteroatoms. The van der Waals surface area contributed by atoms with Crippen molar-refractivity contribution in [1.29, 1.82) is 0 Å². The van der Waals surface area contributed by atoms with Gasteiger partial charge >= 0.3 is 0 Å². The van der Waals surface area contributed by atoms with E-state index >= 15 is 0 Å². The number of fused-ring (bicyclic) bond motifs is 1. The molecule has 2 atom stereocenters. The van der Waals surface area contributed by atoms with Gasteiger partial charge in [-0.3, -0.25) is 0 Å². The number of aryl methyl sites for hydroxylation is 1. The van der Waals surface area contributed by atoms with Gasteiger partial charge in [0, 0.05) is 0 Å². The Morgan fingerprint density at radius 1 is 1.29 bits per heavy atom. The van der Waals surface area contributed by atoms with Gasteiger partial charge in [0.25, 0.3) is 0 Å². The molecule has 21 heavy (non-hydrogen) atoms. The zero-order valence-corrected chi connectivity index (χ0v) is 14.2. The molecule has 0 aliphatic heterocycles. The van der Waals surface area contributed by atoms with Gasteiger partial charge in [-0.15, -0.1) is 0 Å². The quantitative estimate of drug-likeness (QED) is 0.645. The molecule has 0 saturated heterocycles. The molecule has 2 rings (SSSR count). The number of methoxy groups -OCH3 is 1. The average Bonchev–Trinajstić information content (AvgIpc) is 2.42. The van der Waals surface area contributed by atoms with Crippen molar-refractivity contribution >= 4 is 5.69 Å². The number of hydrogen-bond donors (Lipinski definition) is 0. The lowest BCUT2D eigenvalue weighted by atomic mass is 9.61. The van der Waals surface area contributed by atoms with E-state index in [9.17, 15) is 0 Å². The maximum Gasteiger partial charge on any atom is 0.228 e. The van der Waals surface area contributed by atoms with Gasteiger partial charge in [-0.25, -0.2) is 4.85 Å². The number of ether oxygens (including phenoxy) is 1. The van der Waals surface area contributed by atoms with E-state index in [-0.39, 0.29) is 5.41 Å². The van der Waals surface area contributed by atoms with Gasteiger partial charge in [0.15, 0.2) is 0 Å². The smallest absolute Gasteiger partial charge is 0.228 e. The molecule has 0 amide bonds. The van der Waals surface area contributed by atoms with Crippen molar-refractivity contribution < 1.29 is 4.74 Å². The molecule has 2 unspecified atom stereocenters. The SMILES string of the molecule is [C-]#[N+]c1cc2c(cc1OC)C(C(C)(C)C)C(C(C)C)CC2. The van der Waals surface area contributed by atoms with Crippen LogP contribution < -0.4 is 4.74 Å². The standard InChI is InChI=1S/C19H27NO/c1-12(2)14-9-8-13-10-16(20-6)17(21-7)11-15(13)18(14)19(3,4)5/h10-12,14,18H,8-9H2,1-5,7H3. The third-order valence-electron chi connectivity index (χ3n) is 4.86. The molecular formula is C19H27NO. The topological polar surface area (TPSA) is 13.6 Å². The van der Waals surface area contributed by atoms with Crippen LogP contribution in [-0.4, -0.2) is 7.11 Å². The molecule has 1 aromatic rings. The zero-order chi connectivity index (χ0) is 15.8. The number of nitrogens with zero attached hydrogens (tertiary/aromatic N) is 1. The molecule has 0 radical (unpaired) electrons. The van der Waals surface area contributed by atoms with Gasteiger partial charge in [0.2, 0.25) is 5.69 Å². The fourth-order valence-electron chi connectivity index (χ4n) is 3.93. The molecule has 0 heterocycles. The summed E-state index contributed by atoms with van der Waals surface area (Å²) in [5, 5.41) is 0. The second kappa shape index (κ2) is 5.72. The highest BCUT2D eigenvalue weighted by Crippen LogP contribution is 2.51. The number of rotatable bonds is 2. The third kappa shape index (κ3) is 2.93. The van der Waals surface area contributed by atoms with E-state index in [0.29, 0.717) is 23.4 Å². The molecule has 1 aliphatic rings. The van der Waals surface area contributed by atoms with Gasteiger partial charge in [0.1, 0.15) is 5.75 Å². The van der Waals surface area contributed by atoms with Crippen molar-refractivity contribution in [2.24, 2.45) is 17.3 Å². The third-order valence-corrected chi connectivity index (χ3v) is 4.86. The number of benzene rings is 1. The number of hydrogen-bond acceptors (Lipinski definition) is 1. The van der Waals surface area contributed by atoms with Crippen LogP contribution in [-0.2, 0) is 6.42 Å². The van der Waals surface area contributed by atoms with Crippen molar-refractivity contribution in [1.82, 2.24) is 0 Å². The van der Waals surface area contributed by atoms with Crippen LogP contribution in [0.3, 0.4) is 0 Å². The van der Waals surface area contributed by atoms with E-state index in [1.807, 2.05) is 0 Å². The largest absolute Gasteiger partial charge is 0.508 e. The summed E-state index contributed by atoms with van der Waals surface area (Å²) >= 11 is 0. The summed E-state index contributed by atoms with van der Waals surface area (Å²) in [4.78, 5) is 3.62. The lowest BCUT2D eigenvalue weighted by molar-refractivity contribution is 0.169. The first-order valence-corrected chi connectivity index (χ1v) is 7.87. The molecular weight excluding hydrogens is 258 g/mol. The summed E-state index contributed by atoms with van der Waals surface area (Å²) in [5.41, 5.74) is 3.61. The van der Waals surface area contributed by atoms with Crippen LogP contribution >= 0.6 is 0 Å². The first-order valence-electron chi connectivity index (χ1n) is 7.87. The summed E-state index contributed by atoms with van der Waals surface area (Å²) < 4.78 is 5.45. The normalized spacial score (nSPS) is 21.8.